The van der Waals surface area contributed by atoms with Crippen LogP contribution in [0.5, 0.6) is 0 Å². The van der Waals surface area contributed by atoms with Gasteiger partial charge in [-0.3, -0.25) is 9.59 Å². The molecule has 0 aromatic rings. The smallest absolute Gasteiger partial charge is 0.325 e. The van der Waals surface area contributed by atoms with Gasteiger partial charge in [-0.1, -0.05) is 0 Å². The molecule has 18 heavy (non-hydrogen) atoms. The number of carbonyl (C=O) groups excluding carboxylic acids is 2. The first kappa shape index (κ1) is 14.3. The molecule has 0 unspecified atom stereocenters. The fourth-order valence-electron chi connectivity index (χ4n) is 1.72. The van der Waals surface area contributed by atoms with Gasteiger partial charge in [0.1, 0.15) is 6.04 Å². The van der Waals surface area contributed by atoms with Crippen molar-refractivity contribution in [2.75, 3.05) is 19.6 Å². The maximum atomic E-state index is 11.7. The molecule has 0 aliphatic carbocycles. The number of amides is 3. The van der Waals surface area contributed by atoms with Gasteiger partial charge in [-0.25, -0.2) is 4.79 Å². The van der Waals surface area contributed by atoms with Crippen LogP contribution >= 0.6 is 0 Å². The molecule has 0 aromatic heterocycles. The Kier molecular flexibility index (Phi) is 5.41. The molecule has 0 radical (unpaired) electrons. The fraction of sp³-hybridized carbons (Fsp3) is 0.727. The van der Waals surface area contributed by atoms with Crippen molar-refractivity contribution in [2.45, 2.75) is 32.2 Å². The topological polar surface area (TPSA) is 98.7 Å². The Morgan fingerprint density at radius 3 is 2.39 bits per heavy atom. The maximum absolute atomic E-state index is 11.7. The summed E-state index contributed by atoms with van der Waals surface area (Å²) >= 11 is 0. The van der Waals surface area contributed by atoms with Crippen molar-refractivity contribution >= 4 is 17.9 Å². The van der Waals surface area contributed by atoms with E-state index in [-0.39, 0.29) is 12.5 Å². The predicted octanol–water partition coefficient (Wildman–Crippen LogP) is -0.229. The first-order valence-electron chi connectivity index (χ1n) is 6.05. The lowest BCUT2D eigenvalue weighted by Gasteiger charge is -2.26. The molecule has 1 aliphatic rings. The van der Waals surface area contributed by atoms with E-state index in [4.69, 9.17) is 5.11 Å². The summed E-state index contributed by atoms with van der Waals surface area (Å²) in [5.41, 5.74) is 0. The van der Waals surface area contributed by atoms with E-state index in [2.05, 4.69) is 10.6 Å². The average Bonchev–Trinajstić information content (AvgIpc) is 2.36. The molecule has 1 aliphatic heterocycles. The van der Waals surface area contributed by atoms with E-state index in [9.17, 15) is 14.4 Å². The molecule has 1 rings (SSSR count). The Morgan fingerprint density at radius 2 is 1.83 bits per heavy atom. The van der Waals surface area contributed by atoms with Crippen molar-refractivity contribution in [3.8, 4) is 0 Å². The number of nitrogens with one attached hydrogen (secondary N) is 2. The minimum absolute atomic E-state index is 0.0990. The molecule has 0 bridgehead atoms. The number of carboxylic acid groups (broad SMARTS) is 1. The monoisotopic (exact) mass is 257 g/mol. The zero-order chi connectivity index (χ0) is 13.5. The highest BCUT2D eigenvalue weighted by molar-refractivity contribution is 5.86. The van der Waals surface area contributed by atoms with Gasteiger partial charge < -0.3 is 20.6 Å². The highest BCUT2D eigenvalue weighted by Crippen LogP contribution is 2.08. The zero-order valence-corrected chi connectivity index (χ0v) is 10.4. The minimum atomic E-state index is -1.12. The van der Waals surface area contributed by atoms with Crippen LogP contribution in [-0.2, 0) is 9.59 Å². The molecule has 0 spiro atoms. The number of aliphatic carboxylic acids is 1. The molecule has 0 aromatic carbocycles. The van der Waals surface area contributed by atoms with E-state index in [1.807, 2.05) is 0 Å². The molecule has 0 saturated carbocycles. The third kappa shape index (κ3) is 4.60. The van der Waals surface area contributed by atoms with Crippen molar-refractivity contribution in [3.63, 3.8) is 0 Å². The number of nitrogens with zero attached hydrogens (tertiary/aromatic N) is 1. The van der Waals surface area contributed by atoms with Crippen molar-refractivity contribution in [3.05, 3.63) is 0 Å². The van der Waals surface area contributed by atoms with Gasteiger partial charge in [-0.05, 0) is 26.2 Å². The number of carbonyl (C=O) groups is 3. The van der Waals surface area contributed by atoms with Crippen LogP contribution in [0.4, 0.5) is 4.79 Å². The Morgan fingerprint density at radius 1 is 1.22 bits per heavy atom. The van der Waals surface area contributed by atoms with E-state index < -0.39 is 18.0 Å². The summed E-state index contributed by atoms with van der Waals surface area (Å²) in [7, 11) is 0. The normalized spacial score (nSPS) is 16.8. The number of hydrogen-bond donors (Lipinski definition) is 3. The van der Waals surface area contributed by atoms with E-state index in [0.717, 1.165) is 32.4 Å². The first-order chi connectivity index (χ1) is 8.50. The molecule has 1 heterocycles. The molecule has 7 heteroatoms. The van der Waals surface area contributed by atoms with Crippen LogP contribution in [0.3, 0.4) is 0 Å². The third-order valence-electron chi connectivity index (χ3n) is 2.83. The second-order valence-electron chi connectivity index (χ2n) is 4.33. The van der Waals surface area contributed by atoms with Crippen molar-refractivity contribution < 1.29 is 19.5 Å². The van der Waals surface area contributed by atoms with Crippen LogP contribution in [0.25, 0.3) is 0 Å². The Bertz CT molecular complexity index is 326. The average molecular weight is 257 g/mol. The minimum Gasteiger partial charge on any atom is -0.480 e. The molecule has 1 fully saturated rings. The lowest BCUT2D eigenvalue weighted by atomic mass is 10.1. The number of urea groups is 1. The molecule has 7 nitrogen and oxygen atoms in total. The molecule has 1 atom stereocenters. The number of carboxylic acids is 1. The maximum Gasteiger partial charge on any atom is 0.325 e. The second kappa shape index (κ2) is 6.83. The van der Waals surface area contributed by atoms with Gasteiger partial charge >= 0.3 is 12.0 Å². The van der Waals surface area contributed by atoms with E-state index in [1.165, 1.54) is 6.92 Å². The summed E-state index contributed by atoms with van der Waals surface area (Å²) in [4.78, 5) is 35.2. The summed E-state index contributed by atoms with van der Waals surface area (Å²) in [5, 5.41) is 13.2. The first-order valence-corrected chi connectivity index (χ1v) is 6.05. The van der Waals surface area contributed by atoms with Crippen LogP contribution < -0.4 is 10.6 Å². The van der Waals surface area contributed by atoms with Gasteiger partial charge in [0.2, 0.25) is 5.91 Å². The quantitative estimate of drug-likeness (QED) is 0.648. The van der Waals surface area contributed by atoms with E-state index in [0.29, 0.717) is 0 Å². The third-order valence-corrected chi connectivity index (χ3v) is 2.83. The standard InChI is InChI=1S/C11H19N3O4/c1-8(10(16)17)13-11(18)12-7-9(15)14-5-3-2-4-6-14/h8H,2-7H2,1H3,(H,16,17)(H2,12,13,18)/t8-/m1/s1. The molecule has 102 valence electrons. The van der Waals surface area contributed by atoms with Crippen LogP contribution in [0.2, 0.25) is 0 Å². The summed E-state index contributed by atoms with van der Waals surface area (Å²) in [6.45, 7) is 2.72. The molecule has 3 amide bonds. The second-order valence-corrected chi connectivity index (χ2v) is 4.33. The molecule has 3 N–H and O–H groups in total. The van der Waals surface area contributed by atoms with Crippen LogP contribution in [-0.4, -0.2) is 53.6 Å². The predicted molar refractivity (Wildman–Crippen MR) is 64.1 cm³/mol. The number of hydrogen-bond acceptors (Lipinski definition) is 3. The summed E-state index contributed by atoms with van der Waals surface area (Å²) < 4.78 is 0. The molecular formula is C11H19N3O4. The van der Waals surface area contributed by atoms with Crippen LogP contribution in [0, 0.1) is 0 Å². The van der Waals surface area contributed by atoms with Gasteiger partial charge in [0.25, 0.3) is 0 Å². The summed E-state index contributed by atoms with van der Waals surface area (Å²) in [6.07, 6.45) is 3.12. The highest BCUT2D eigenvalue weighted by atomic mass is 16.4. The SMILES string of the molecule is C[C@@H](NC(=O)NCC(=O)N1CCCCC1)C(=O)O. The number of piperidine rings is 1. The van der Waals surface area contributed by atoms with Crippen LogP contribution in [0.1, 0.15) is 26.2 Å². The molecule has 1 saturated heterocycles. The van der Waals surface area contributed by atoms with Gasteiger partial charge in [0.15, 0.2) is 0 Å². The molecular weight excluding hydrogens is 238 g/mol. The lowest BCUT2D eigenvalue weighted by molar-refractivity contribution is -0.138. The van der Waals surface area contributed by atoms with Crippen molar-refractivity contribution in [1.29, 1.82) is 0 Å². The Labute approximate surface area is 106 Å². The largest absolute Gasteiger partial charge is 0.480 e. The lowest BCUT2D eigenvalue weighted by Crippen LogP contribution is -2.48. The summed E-state index contributed by atoms with van der Waals surface area (Å²) in [6, 6.07) is -1.62. The van der Waals surface area contributed by atoms with Crippen molar-refractivity contribution in [1.82, 2.24) is 15.5 Å². The Hall–Kier alpha value is -1.79. The van der Waals surface area contributed by atoms with E-state index >= 15 is 0 Å². The summed E-state index contributed by atoms with van der Waals surface area (Å²) in [5.74, 6) is -1.25. The van der Waals surface area contributed by atoms with Gasteiger partial charge in [0.05, 0.1) is 6.54 Å². The number of likely N-dealkylation sites (tertiary alicyclic amines) is 1. The van der Waals surface area contributed by atoms with Crippen LogP contribution in [0.15, 0.2) is 0 Å². The van der Waals surface area contributed by atoms with Gasteiger partial charge in [-0.15, -0.1) is 0 Å². The van der Waals surface area contributed by atoms with E-state index in [1.54, 1.807) is 4.90 Å². The number of rotatable bonds is 4. The van der Waals surface area contributed by atoms with Crippen molar-refractivity contribution in [2.24, 2.45) is 0 Å². The fourth-order valence-corrected chi connectivity index (χ4v) is 1.72. The Balaban J connectivity index is 2.25. The van der Waals surface area contributed by atoms with Gasteiger partial charge in [0, 0.05) is 13.1 Å². The zero-order valence-electron chi connectivity index (χ0n) is 10.4. The highest BCUT2D eigenvalue weighted by Gasteiger charge is 2.18. The van der Waals surface area contributed by atoms with Gasteiger partial charge in [-0.2, -0.15) is 0 Å².